The largest absolute Gasteiger partial charge is 0.349 e. The van der Waals surface area contributed by atoms with Gasteiger partial charge in [0.15, 0.2) is 0 Å². The highest BCUT2D eigenvalue weighted by Crippen LogP contribution is 2.30. The summed E-state index contributed by atoms with van der Waals surface area (Å²) < 4.78 is 2.89. The average molecular weight is 442 g/mol. The van der Waals surface area contributed by atoms with E-state index in [0.717, 1.165) is 52.3 Å². The number of halogens is 1. The van der Waals surface area contributed by atoms with Crippen LogP contribution in [-0.2, 0) is 25.1 Å². The van der Waals surface area contributed by atoms with E-state index in [1.165, 1.54) is 11.1 Å². The molecule has 4 nitrogen and oxygen atoms in total. The monoisotopic (exact) mass is 441 g/mol. The first-order valence-corrected chi connectivity index (χ1v) is 10.9. The lowest BCUT2D eigenvalue weighted by Crippen LogP contribution is -2.30. The second-order valence-corrected chi connectivity index (χ2v) is 8.53. The minimum absolute atomic E-state index is 0.167. The minimum Gasteiger partial charge on any atom is -0.290 e. The molecule has 138 valence electrons. The van der Waals surface area contributed by atoms with Crippen LogP contribution in [0.25, 0.3) is 0 Å². The van der Waals surface area contributed by atoms with Gasteiger partial charge in [0.2, 0.25) is 0 Å². The first-order chi connectivity index (χ1) is 13.2. The summed E-state index contributed by atoms with van der Waals surface area (Å²) in [6.07, 6.45) is 5.97. The second kappa shape index (κ2) is 8.40. The van der Waals surface area contributed by atoms with Crippen LogP contribution in [0.15, 0.2) is 63.0 Å². The van der Waals surface area contributed by atoms with E-state index in [4.69, 9.17) is 0 Å². The lowest BCUT2D eigenvalue weighted by molar-refractivity contribution is 0.565. The number of nitrogens with zero attached hydrogens (tertiary/aromatic N) is 3. The van der Waals surface area contributed by atoms with E-state index in [9.17, 15) is 4.79 Å². The van der Waals surface area contributed by atoms with Gasteiger partial charge in [-0.1, -0.05) is 34.1 Å². The summed E-state index contributed by atoms with van der Waals surface area (Å²) in [5, 5.41) is 0.898. The third kappa shape index (κ3) is 4.33. The predicted octanol–water partition coefficient (Wildman–Crippen LogP) is 4.62. The molecule has 1 aliphatic carbocycles. The fourth-order valence-corrected chi connectivity index (χ4v) is 4.71. The summed E-state index contributed by atoms with van der Waals surface area (Å²) >= 11 is 5.13. The average Bonchev–Trinajstić information content (AvgIpc) is 2.71. The summed E-state index contributed by atoms with van der Waals surface area (Å²) in [7, 11) is 0. The Morgan fingerprint density at radius 3 is 2.67 bits per heavy atom. The number of hydrogen-bond donors (Lipinski definition) is 0. The van der Waals surface area contributed by atoms with Crippen molar-refractivity contribution in [1.29, 1.82) is 0 Å². The van der Waals surface area contributed by atoms with Crippen molar-refractivity contribution < 1.29 is 0 Å². The molecular formula is C21H20BrN3OS. The zero-order chi connectivity index (χ0) is 18.6. The van der Waals surface area contributed by atoms with Crippen LogP contribution in [0.1, 0.15) is 35.4 Å². The van der Waals surface area contributed by atoms with Crippen molar-refractivity contribution in [3.05, 3.63) is 86.1 Å². The van der Waals surface area contributed by atoms with E-state index in [0.29, 0.717) is 6.54 Å². The molecule has 0 spiro atoms. The van der Waals surface area contributed by atoms with Gasteiger partial charge in [0.05, 0.1) is 12.2 Å². The number of thioether (sulfide) groups is 1. The molecule has 0 radical (unpaired) electrons. The Hall–Kier alpha value is -1.92. The molecule has 0 atom stereocenters. The third-order valence-electron chi connectivity index (χ3n) is 4.79. The molecule has 1 aromatic carbocycles. The normalized spacial score (nSPS) is 13.4. The van der Waals surface area contributed by atoms with E-state index in [-0.39, 0.29) is 5.69 Å². The van der Waals surface area contributed by atoms with Gasteiger partial charge in [0.1, 0.15) is 5.03 Å². The van der Waals surface area contributed by atoms with Crippen LogP contribution in [0.2, 0.25) is 0 Å². The van der Waals surface area contributed by atoms with Gasteiger partial charge in [-0.25, -0.2) is 4.79 Å². The number of hydrogen-bond acceptors (Lipinski definition) is 4. The molecule has 0 N–H and O–H groups in total. The number of benzene rings is 1. The van der Waals surface area contributed by atoms with Gasteiger partial charge in [0, 0.05) is 27.7 Å². The van der Waals surface area contributed by atoms with Crippen LogP contribution in [0.3, 0.4) is 0 Å². The fraction of sp³-hybridized carbons (Fsp3) is 0.286. The maximum absolute atomic E-state index is 12.8. The van der Waals surface area contributed by atoms with Gasteiger partial charge >= 0.3 is 5.69 Å². The van der Waals surface area contributed by atoms with Gasteiger partial charge in [-0.2, -0.15) is 4.98 Å². The van der Waals surface area contributed by atoms with Crippen LogP contribution in [-0.4, -0.2) is 14.5 Å². The summed E-state index contributed by atoms with van der Waals surface area (Å²) in [5.41, 5.74) is 4.35. The SMILES string of the molecule is O=c1nc(SCc2ccc(Br)cc2)c2c(n1Cc1ccccn1)CCCC2. The van der Waals surface area contributed by atoms with Crippen LogP contribution >= 0.6 is 27.7 Å². The van der Waals surface area contributed by atoms with E-state index in [1.54, 1.807) is 18.0 Å². The Balaban J connectivity index is 1.64. The second-order valence-electron chi connectivity index (χ2n) is 6.65. The molecule has 0 aliphatic heterocycles. The highest BCUT2D eigenvalue weighted by molar-refractivity contribution is 9.10. The molecule has 2 aromatic heterocycles. The standard InChI is InChI=1S/C21H20BrN3OS/c22-16-10-8-15(9-11-16)14-27-20-18-6-1-2-7-19(18)25(21(26)24-20)13-17-5-3-4-12-23-17/h3-5,8-12H,1-2,6-7,13-14H2. The highest BCUT2D eigenvalue weighted by atomic mass is 79.9. The number of aromatic nitrogens is 3. The molecule has 4 rings (SSSR count). The minimum atomic E-state index is -0.167. The van der Waals surface area contributed by atoms with E-state index in [1.807, 2.05) is 34.9 Å². The van der Waals surface area contributed by atoms with Gasteiger partial charge in [-0.15, -0.1) is 11.8 Å². The van der Waals surface area contributed by atoms with Crippen molar-refractivity contribution in [3.63, 3.8) is 0 Å². The van der Waals surface area contributed by atoms with E-state index < -0.39 is 0 Å². The van der Waals surface area contributed by atoms with Crippen LogP contribution in [0.4, 0.5) is 0 Å². The smallest absolute Gasteiger partial charge is 0.290 e. The van der Waals surface area contributed by atoms with Crippen LogP contribution in [0.5, 0.6) is 0 Å². The van der Waals surface area contributed by atoms with E-state index in [2.05, 4.69) is 38.0 Å². The summed E-state index contributed by atoms with van der Waals surface area (Å²) in [6.45, 7) is 0.493. The van der Waals surface area contributed by atoms with Gasteiger partial charge in [-0.05, 0) is 55.5 Å². The maximum Gasteiger partial charge on any atom is 0.349 e. The molecule has 2 heterocycles. The molecular weight excluding hydrogens is 422 g/mol. The van der Waals surface area contributed by atoms with Crippen LogP contribution < -0.4 is 5.69 Å². The van der Waals surface area contributed by atoms with Gasteiger partial charge in [0.25, 0.3) is 0 Å². The lowest BCUT2D eigenvalue weighted by atomic mass is 9.97. The number of rotatable bonds is 5. The van der Waals surface area contributed by atoms with Crippen molar-refractivity contribution in [2.24, 2.45) is 0 Å². The van der Waals surface area contributed by atoms with Crippen molar-refractivity contribution in [2.75, 3.05) is 0 Å². The predicted molar refractivity (Wildman–Crippen MR) is 112 cm³/mol. The summed E-state index contributed by atoms with van der Waals surface area (Å²) in [6, 6.07) is 14.1. The first-order valence-electron chi connectivity index (χ1n) is 9.10. The van der Waals surface area contributed by atoms with Crippen molar-refractivity contribution in [3.8, 4) is 0 Å². The lowest BCUT2D eigenvalue weighted by Gasteiger charge is -2.22. The Morgan fingerprint density at radius 1 is 1.07 bits per heavy atom. The van der Waals surface area contributed by atoms with E-state index >= 15 is 0 Å². The van der Waals surface area contributed by atoms with Crippen molar-refractivity contribution in [1.82, 2.24) is 14.5 Å². The Morgan fingerprint density at radius 2 is 1.89 bits per heavy atom. The van der Waals surface area contributed by atoms with Gasteiger partial charge in [-0.3, -0.25) is 9.55 Å². The molecule has 3 aromatic rings. The summed E-state index contributed by atoms with van der Waals surface area (Å²) in [5.74, 6) is 0.816. The highest BCUT2D eigenvalue weighted by Gasteiger charge is 2.20. The zero-order valence-corrected chi connectivity index (χ0v) is 17.3. The Labute approximate surface area is 171 Å². The molecule has 1 aliphatic rings. The van der Waals surface area contributed by atoms with Gasteiger partial charge < -0.3 is 0 Å². The molecule has 0 amide bonds. The van der Waals surface area contributed by atoms with Crippen molar-refractivity contribution >= 4 is 27.7 Å². The molecule has 0 saturated carbocycles. The molecule has 27 heavy (non-hydrogen) atoms. The number of fused-ring (bicyclic) bond motifs is 1. The Bertz CT molecular complexity index is 987. The maximum atomic E-state index is 12.8. The molecule has 0 unspecified atom stereocenters. The van der Waals surface area contributed by atoms with Crippen LogP contribution in [0, 0.1) is 0 Å². The molecule has 0 bridgehead atoms. The zero-order valence-electron chi connectivity index (χ0n) is 14.9. The number of pyridine rings is 1. The van der Waals surface area contributed by atoms with Crippen molar-refractivity contribution in [2.45, 2.75) is 43.0 Å². The molecule has 0 saturated heterocycles. The molecule has 6 heteroatoms. The molecule has 0 fully saturated rings. The third-order valence-corrected chi connectivity index (χ3v) is 6.40. The first kappa shape index (κ1) is 18.4. The fourth-order valence-electron chi connectivity index (χ4n) is 3.42. The Kier molecular flexibility index (Phi) is 5.74. The quantitative estimate of drug-likeness (QED) is 0.428. The topological polar surface area (TPSA) is 47.8 Å². The summed E-state index contributed by atoms with van der Waals surface area (Å²) in [4.78, 5) is 21.6.